The van der Waals surface area contributed by atoms with Crippen molar-refractivity contribution in [2.45, 2.75) is 96.0 Å². The van der Waals surface area contributed by atoms with Gasteiger partial charge in [-0.25, -0.2) is 0 Å². The van der Waals surface area contributed by atoms with Crippen molar-refractivity contribution in [2.75, 3.05) is 6.61 Å². The van der Waals surface area contributed by atoms with Crippen molar-refractivity contribution in [1.29, 1.82) is 0 Å². The topological polar surface area (TPSA) is 86.7 Å². The molecule has 0 radical (unpaired) electrons. The first-order valence-electron chi connectivity index (χ1n) is 13.5. The second-order valence-electron chi connectivity index (χ2n) is 12.0. The summed E-state index contributed by atoms with van der Waals surface area (Å²) in [5.74, 6) is 0.359. The minimum absolute atomic E-state index is 0.0139. The Morgan fingerprint density at radius 2 is 1.89 bits per heavy atom. The van der Waals surface area contributed by atoms with Crippen molar-refractivity contribution in [3.05, 3.63) is 11.6 Å². The van der Waals surface area contributed by atoms with Gasteiger partial charge in [0.2, 0.25) is 0 Å². The summed E-state index contributed by atoms with van der Waals surface area (Å²) in [6, 6.07) is 0. The highest BCUT2D eigenvalue weighted by Crippen LogP contribution is 2.63. The normalized spacial score (nSPS) is 36.2. The minimum Gasteiger partial charge on any atom is -0.465 e. The largest absolute Gasteiger partial charge is 0.465 e. The van der Waals surface area contributed by atoms with Gasteiger partial charge < -0.3 is 19.1 Å². The molecule has 36 heavy (non-hydrogen) atoms. The van der Waals surface area contributed by atoms with Gasteiger partial charge in [-0.05, 0) is 66.6 Å². The Balaban J connectivity index is 1.79. The van der Waals surface area contributed by atoms with Gasteiger partial charge in [-0.2, -0.15) is 0 Å². The third-order valence-electron chi connectivity index (χ3n) is 9.63. The Morgan fingerprint density at radius 3 is 2.53 bits per heavy atom. The van der Waals surface area contributed by atoms with Crippen LogP contribution in [0.1, 0.15) is 86.0 Å². The van der Waals surface area contributed by atoms with Crippen molar-refractivity contribution < 1.29 is 28.7 Å². The third kappa shape index (κ3) is 5.91. The predicted octanol–water partition coefficient (Wildman–Crippen LogP) is 5.88. The number of allylic oxidation sites excluding steroid dienone is 1. The van der Waals surface area contributed by atoms with Crippen LogP contribution in [-0.4, -0.2) is 41.1 Å². The van der Waals surface area contributed by atoms with Gasteiger partial charge in [-0.1, -0.05) is 61.9 Å². The molecule has 0 N–H and O–H groups in total. The van der Waals surface area contributed by atoms with E-state index >= 15 is 0 Å². The maximum atomic E-state index is 12.9. The molecule has 9 atom stereocenters. The van der Waals surface area contributed by atoms with Crippen molar-refractivity contribution in [1.82, 2.24) is 0 Å². The average Bonchev–Trinajstić information content (AvgIpc) is 2.83. The standard InChI is InChI=1S/C29H43IO6/c1-18(10-14-31)17-35-27(34)19(2)26(30)29(5)13-9-24-23(25(29)11-15-32)7-6-21-16-22(36-20(3)33)8-12-28(21,24)4/h6,14-15,18-19,22-26H,7-13,16-17H2,1-5H3/t18-,19+,22+,23-,24+,25+,26-,28+,29+/m1/s1. The lowest BCUT2D eigenvalue weighted by molar-refractivity contribution is -0.151. The van der Waals surface area contributed by atoms with Crippen molar-refractivity contribution in [3.63, 3.8) is 0 Å². The van der Waals surface area contributed by atoms with Crippen LogP contribution >= 0.6 is 22.6 Å². The van der Waals surface area contributed by atoms with E-state index in [4.69, 9.17) is 9.47 Å². The molecular weight excluding hydrogens is 571 g/mol. The van der Waals surface area contributed by atoms with E-state index in [9.17, 15) is 19.2 Å². The Hall–Kier alpha value is -1.25. The van der Waals surface area contributed by atoms with Crippen LogP contribution in [-0.2, 0) is 28.7 Å². The first kappa shape index (κ1) is 29.3. The molecule has 7 heteroatoms. The highest BCUT2D eigenvalue weighted by molar-refractivity contribution is 14.1. The van der Waals surface area contributed by atoms with Gasteiger partial charge in [0, 0.05) is 30.1 Å². The Kier molecular flexibility index (Phi) is 9.83. The summed E-state index contributed by atoms with van der Waals surface area (Å²) in [4.78, 5) is 47.1. The summed E-state index contributed by atoms with van der Waals surface area (Å²) in [7, 11) is 0. The molecular formula is C29H43IO6. The predicted molar refractivity (Wildman–Crippen MR) is 146 cm³/mol. The van der Waals surface area contributed by atoms with Gasteiger partial charge in [0.25, 0.3) is 0 Å². The molecule has 0 unspecified atom stereocenters. The number of esters is 2. The molecule has 202 valence electrons. The fourth-order valence-electron chi connectivity index (χ4n) is 7.48. The van der Waals surface area contributed by atoms with E-state index in [0.717, 1.165) is 51.1 Å². The van der Waals surface area contributed by atoms with Crippen LogP contribution in [0.3, 0.4) is 0 Å². The average molecular weight is 615 g/mol. The first-order chi connectivity index (χ1) is 17.0. The van der Waals surface area contributed by atoms with Crippen molar-refractivity contribution >= 4 is 47.1 Å². The maximum absolute atomic E-state index is 12.9. The van der Waals surface area contributed by atoms with Gasteiger partial charge in [0.05, 0.1) is 12.5 Å². The lowest BCUT2D eigenvalue weighted by atomic mass is 9.46. The molecule has 2 saturated carbocycles. The van der Waals surface area contributed by atoms with Crippen molar-refractivity contribution in [3.8, 4) is 0 Å². The van der Waals surface area contributed by atoms with E-state index in [1.165, 1.54) is 12.5 Å². The molecule has 2 fully saturated rings. The zero-order chi connectivity index (χ0) is 26.7. The smallest absolute Gasteiger partial charge is 0.309 e. The number of ether oxygens (including phenoxy) is 2. The Bertz CT molecular complexity index is 870. The van der Waals surface area contributed by atoms with Gasteiger partial charge in [0.1, 0.15) is 18.7 Å². The summed E-state index contributed by atoms with van der Waals surface area (Å²) in [6.45, 7) is 10.2. The summed E-state index contributed by atoms with van der Waals surface area (Å²) in [5.41, 5.74) is 1.33. The number of carbonyl (C=O) groups is 4. The molecule has 3 aliphatic rings. The molecule has 3 aliphatic carbocycles. The Morgan fingerprint density at radius 1 is 1.17 bits per heavy atom. The van der Waals surface area contributed by atoms with E-state index in [1.807, 2.05) is 13.8 Å². The van der Waals surface area contributed by atoms with Crippen LogP contribution in [0.4, 0.5) is 0 Å². The second-order valence-corrected chi connectivity index (χ2v) is 13.4. The van der Waals surface area contributed by atoms with Gasteiger partial charge in [-0.15, -0.1) is 0 Å². The second kappa shape index (κ2) is 12.1. The fourth-order valence-corrected chi connectivity index (χ4v) is 8.55. The monoisotopic (exact) mass is 614 g/mol. The molecule has 0 aromatic heterocycles. The summed E-state index contributed by atoms with van der Waals surface area (Å²) in [5, 5.41) is 0. The maximum Gasteiger partial charge on any atom is 0.309 e. The van der Waals surface area contributed by atoms with E-state index in [2.05, 4.69) is 42.5 Å². The number of halogens is 1. The number of fused-ring (bicyclic) bond motifs is 3. The highest BCUT2D eigenvalue weighted by atomic mass is 127. The van der Waals surface area contributed by atoms with Gasteiger partial charge in [-0.3, -0.25) is 9.59 Å². The molecule has 0 bridgehead atoms. The number of alkyl halides is 1. The van der Waals surface area contributed by atoms with Crippen LogP contribution in [0.15, 0.2) is 11.6 Å². The molecule has 0 aromatic carbocycles. The van der Waals surface area contributed by atoms with Crippen molar-refractivity contribution in [2.24, 2.45) is 40.4 Å². The molecule has 0 heterocycles. The number of aldehydes is 2. The van der Waals surface area contributed by atoms with E-state index < -0.39 is 0 Å². The summed E-state index contributed by atoms with van der Waals surface area (Å²) < 4.78 is 11.2. The third-order valence-corrected chi connectivity index (χ3v) is 12.1. The quantitative estimate of drug-likeness (QED) is 0.100. The van der Waals surface area contributed by atoms with E-state index in [1.54, 1.807) is 0 Å². The van der Waals surface area contributed by atoms with Crippen LogP contribution in [0, 0.1) is 40.4 Å². The fraction of sp³-hybridized carbons (Fsp3) is 0.793. The zero-order valence-corrected chi connectivity index (χ0v) is 24.6. The van der Waals surface area contributed by atoms with Crippen LogP contribution in [0.2, 0.25) is 0 Å². The molecule has 3 rings (SSSR count). The van der Waals surface area contributed by atoms with Crippen LogP contribution in [0.25, 0.3) is 0 Å². The first-order valence-corrected chi connectivity index (χ1v) is 14.8. The van der Waals surface area contributed by atoms with Crippen LogP contribution in [0.5, 0.6) is 0 Å². The van der Waals surface area contributed by atoms with Gasteiger partial charge in [0.15, 0.2) is 0 Å². The lowest BCUT2D eigenvalue weighted by Gasteiger charge is -2.59. The van der Waals surface area contributed by atoms with E-state index in [-0.39, 0.29) is 57.2 Å². The highest BCUT2D eigenvalue weighted by Gasteiger charge is 2.57. The zero-order valence-electron chi connectivity index (χ0n) is 22.5. The molecule has 0 aromatic rings. The number of carbonyl (C=O) groups excluding carboxylic acids is 4. The molecule has 6 nitrogen and oxygen atoms in total. The number of hydrogen-bond acceptors (Lipinski definition) is 6. The molecule has 0 spiro atoms. The summed E-state index contributed by atoms with van der Waals surface area (Å²) in [6.07, 6.45) is 10.8. The van der Waals surface area contributed by atoms with Gasteiger partial charge >= 0.3 is 11.9 Å². The number of rotatable bonds is 10. The Labute approximate surface area is 229 Å². The molecule has 0 amide bonds. The number of hydrogen-bond donors (Lipinski definition) is 0. The molecule has 0 aliphatic heterocycles. The van der Waals surface area contributed by atoms with Crippen LogP contribution < -0.4 is 0 Å². The SMILES string of the molecule is CC(=O)O[C@H]1CC[C@@]2(C)C(=CC[C@H]3[C@H](CC=O)[C@@](C)([C@H](I)[C@H](C)C(=O)OC[C@H](C)CC=O)CC[C@@H]32)C1. The van der Waals surface area contributed by atoms with E-state index in [0.29, 0.717) is 24.7 Å². The molecule has 0 saturated heterocycles. The minimum atomic E-state index is -0.297. The summed E-state index contributed by atoms with van der Waals surface area (Å²) >= 11 is 2.43. The lowest BCUT2D eigenvalue weighted by Crippen LogP contribution is -2.54.